The van der Waals surface area contributed by atoms with Gasteiger partial charge in [-0.15, -0.1) is 0 Å². The first-order valence-corrected chi connectivity index (χ1v) is 5.09. The zero-order valence-corrected chi connectivity index (χ0v) is 9.51. The summed E-state index contributed by atoms with van der Waals surface area (Å²) < 4.78 is 19.0. The minimum Gasteiger partial charge on any atom is -0.493 e. The highest BCUT2D eigenvalue weighted by molar-refractivity contribution is 5.67. The fourth-order valence-electron chi connectivity index (χ4n) is 1.30. The van der Waals surface area contributed by atoms with Gasteiger partial charge < -0.3 is 4.74 Å². The molecule has 1 rings (SSSR count). The van der Waals surface area contributed by atoms with E-state index in [0.29, 0.717) is 29.4 Å². The van der Waals surface area contributed by atoms with E-state index < -0.39 is 0 Å². The maximum absolute atomic E-state index is 13.5. The Kier molecular flexibility index (Phi) is 3.89. The Bertz CT molecular complexity index is 356. The minimum absolute atomic E-state index is 0.274. The van der Waals surface area contributed by atoms with Crippen molar-refractivity contribution in [3.05, 3.63) is 36.2 Å². The molecule has 0 fully saturated rings. The maximum Gasteiger partial charge on any atom is 0.134 e. The molecule has 0 atom stereocenters. The van der Waals surface area contributed by atoms with Crippen molar-refractivity contribution in [2.75, 3.05) is 6.61 Å². The van der Waals surface area contributed by atoms with E-state index in [1.807, 2.05) is 0 Å². The van der Waals surface area contributed by atoms with Crippen LogP contribution in [-0.2, 0) is 0 Å². The fourth-order valence-corrected chi connectivity index (χ4v) is 1.30. The van der Waals surface area contributed by atoms with Crippen molar-refractivity contribution in [1.29, 1.82) is 0 Å². The molecule has 0 aliphatic heterocycles. The van der Waals surface area contributed by atoms with Crippen molar-refractivity contribution in [1.82, 2.24) is 0 Å². The molecule has 1 aromatic carbocycles. The second-order valence-electron chi connectivity index (χ2n) is 4.10. The topological polar surface area (TPSA) is 9.23 Å². The Morgan fingerprint density at radius 3 is 2.67 bits per heavy atom. The first-order chi connectivity index (χ1) is 7.02. The molecule has 0 N–H and O–H groups in total. The van der Waals surface area contributed by atoms with Gasteiger partial charge in [0.15, 0.2) is 0 Å². The summed E-state index contributed by atoms with van der Waals surface area (Å²) in [5.41, 5.74) is 1.17. The van der Waals surface area contributed by atoms with Gasteiger partial charge in [0, 0.05) is 0 Å². The SMILES string of the molecule is C=C(C)c1c(F)cccc1OCC(C)C. The fraction of sp³-hybridized carbons (Fsp3) is 0.385. The zero-order valence-electron chi connectivity index (χ0n) is 9.51. The van der Waals surface area contributed by atoms with E-state index in [9.17, 15) is 4.39 Å². The van der Waals surface area contributed by atoms with Gasteiger partial charge in [0.1, 0.15) is 11.6 Å². The van der Waals surface area contributed by atoms with E-state index >= 15 is 0 Å². The van der Waals surface area contributed by atoms with E-state index in [4.69, 9.17) is 4.74 Å². The highest BCUT2D eigenvalue weighted by Crippen LogP contribution is 2.27. The lowest BCUT2D eigenvalue weighted by Gasteiger charge is -2.13. The predicted molar refractivity (Wildman–Crippen MR) is 61.4 cm³/mol. The van der Waals surface area contributed by atoms with Gasteiger partial charge in [-0.25, -0.2) is 4.39 Å². The van der Waals surface area contributed by atoms with Crippen LogP contribution in [0, 0.1) is 11.7 Å². The predicted octanol–water partition coefficient (Wildman–Crippen LogP) is 3.89. The summed E-state index contributed by atoms with van der Waals surface area (Å²) in [5, 5.41) is 0. The van der Waals surface area contributed by atoms with E-state index in [2.05, 4.69) is 20.4 Å². The molecule has 15 heavy (non-hydrogen) atoms. The third-order valence-corrected chi connectivity index (χ3v) is 1.97. The smallest absolute Gasteiger partial charge is 0.134 e. The summed E-state index contributed by atoms with van der Waals surface area (Å²) >= 11 is 0. The summed E-state index contributed by atoms with van der Waals surface area (Å²) in [7, 11) is 0. The second-order valence-corrected chi connectivity index (χ2v) is 4.10. The second kappa shape index (κ2) is 4.96. The molecule has 1 nitrogen and oxygen atoms in total. The molecule has 0 radical (unpaired) electrons. The van der Waals surface area contributed by atoms with Crippen molar-refractivity contribution >= 4 is 5.57 Å². The molecule has 0 saturated carbocycles. The molecule has 0 saturated heterocycles. The molecule has 0 aromatic heterocycles. The average Bonchev–Trinajstić information content (AvgIpc) is 2.13. The van der Waals surface area contributed by atoms with E-state index in [-0.39, 0.29) is 5.82 Å². The van der Waals surface area contributed by atoms with Crippen LogP contribution >= 0.6 is 0 Å². The summed E-state index contributed by atoms with van der Waals surface area (Å²) in [6.07, 6.45) is 0. The minimum atomic E-state index is -0.274. The Morgan fingerprint density at radius 2 is 2.13 bits per heavy atom. The quantitative estimate of drug-likeness (QED) is 0.729. The Labute approximate surface area is 90.6 Å². The number of rotatable bonds is 4. The number of allylic oxidation sites excluding steroid dienone is 1. The normalized spacial score (nSPS) is 10.5. The Balaban J connectivity index is 2.96. The molecule has 82 valence electrons. The van der Waals surface area contributed by atoms with E-state index in [0.717, 1.165) is 0 Å². The highest BCUT2D eigenvalue weighted by Gasteiger charge is 2.10. The van der Waals surface area contributed by atoms with Crippen LogP contribution in [0.5, 0.6) is 5.75 Å². The molecule has 0 aliphatic carbocycles. The van der Waals surface area contributed by atoms with Crippen molar-refractivity contribution in [2.45, 2.75) is 20.8 Å². The molecule has 0 spiro atoms. The van der Waals surface area contributed by atoms with Crippen LogP contribution in [0.15, 0.2) is 24.8 Å². The first kappa shape index (κ1) is 11.8. The van der Waals surface area contributed by atoms with Gasteiger partial charge in [-0.1, -0.05) is 26.5 Å². The Hall–Kier alpha value is -1.31. The molecule has 0 amide bonds. The lowest BCUT2D eigenvalue weighted by Crippen LogP contribution is -2.06. The molecule has 0 aliphatic rings. The van der Waals surface area contributed by atoms with Crippen molar-refractivity contribution in [2.24, 2.45) is 5.92 Å². The summed E-state index contributed by atoms with van der Waals surface area (Å²) in [4.78, 5) is 0. The molecule has 1 aromatic rings. The van der Waals surface area contributed by atoms with Crippen LogP contribution in [-0.4, -0.2) is 6.61 Å². The average molecular weight is 208 g/mol. The van der Waals surface area contributed by atoms with Crippen LogP contribution in [0.25, 0.3) is 5.57 Å². The largest absolute Gasteiger partial charge is 0.493 e. The lowest BCUT2D eigenvalue weighted by atomic mass is 10.1. The van der Waals surface area contributed by atoms with Gasteiger partial charge in [0.2, 0.25) is 0 Å². The zero-order chi connectivity index (χ0) is 11.4. The third-order valence-electron chi connectivity index (χ3n) is 1.97. The summed E-state index contributed by atoms with van der Waals surface area (Å²) in [6.45, 7) is 10.2. The van der Waals surface area contributed by atoms with Crippen LogP contribution < -0.4 is 4.74 Å². The van der Waals surface area contributed by atoms with Crippen LogP contribution in [0.2, 0.25) is 0 Å². The molecular formula is C13H17FO. The number of ether oxygens (including phenoxy) is 1. The van der Waals surface area contributed by atoms with Gasteiger partial charge in [-0.2, -0.15) is 0 Å². The summed E-state index contributed by atoms with van der Waals surface area (Å²) in [6, 6.07) is 4.85. The monoisotopic (exact) mass is 208 g/mol. The molecular weight excluding hydrogens is 191 g/mol. The number of hydrogen-bond acceptors (Lipinski definition) is 1. The standard InChI is InChI=1S/C13H17FO/c1-9(2)8-15-12-7-5-6-11(14)13(12)10(3)4/h5-7,9H,3,8H2,1-2,4H3. The Morgan fingerprint density at radius 1 is 1.47 bits per heavy atom. The van der Waals surface area contributed by atoms with Gasteiger partial charge in [-0.05, 0) is 30.5 Å². The van der Waals surface area contributed by atoms with Crippen LogP contribution in [0.4, 0.5) is 4.39 Å². The highest BCUT2D eigenvalue weighted by atomic mass is 19.1. The molecule has 0 unspecified atom stereocenters. The van der Waals surface area contributed by atoms with Crippen molar-refractivity contribution < 1.29 is 9.13 Å². The number of benzene rings is 1. The number of hydrogen-bond donors (Lipinski definition) is 0. The van der Waals surface area contributed by atoms with Gasteiger partial charge in [0.05, 0.1) is 12.2 Å². The van der Waals surface area contributed by atoms with Crippen LogP contribution in [0.1, 0.15) is 26.3 Å². The van der Waals surface area contributed by atoms with E-state index in [1.54, 1.807) is 19.1 Å². The molecule has 0 bridgehead atoms. The lowest BCUT2D eigenvalue weighted by molar-refractivity contribution is 0.269. The van der Waals surface area contributed by atoms with Crippen molar-refractivity contribution in [3.8, 4) is 5.75 Å². The summed E-state index contributed by atoms with van der Waals surface area (Å²) in [5.74, 6) is 0.728. The van der Waals surface area contributed by atoms with Crippen LogP contribution in [0.3, 0.4) is 0 Å². The van der Waals surface area contributed by atoms with Gasteiger partial charge in [-0.3, -0.25) is 0 Å². The maximum atomic E-state index is 13.5. The van der Waals surface area contributed by atoms with Gasteiger partial charge >= 0.3 is 0 Å². The molecule has 0 heterocycles. The van der Waals surface area contributed by atoms with Crippen molar-refractivity contribution in [3.63, 3.8) is 0 Å². The van der Waals surface area contributed by atoms with Gasteiger partial charge in [0.25, 0.3) is 0 Å². The first-order valence-electron chi connectivity index (χ1n) is 5.09. The third kappa shape index (κ3) is 3.08. The van der Waals surface area contributed by atoms with E-state index in [1.165, 1.54) is 6.07 Å². The number of halogens is 1. The molecule has 2 heteroatoms.